The Labute approximate surface area is 117 Å². The van der Waals surface area contributed by atoms with Gasteiger partial charge in [-0.2, -0.15) is 0 Å². The summed E-state index contributed by atoms with van der Waals surface area (Å²) in [6, 6.07) is 2.35. The highest BCUT2D eigenvalue weighted by Gasteiger charge is 2.45. The summed E-state index contributed by atoms with van der Waals surface area (Å²) in [6.45, 7) is 4.39. The first kappa shape index (κ1) is 14.6. The van der Waals surface area contributed by atoms with Gasteiger partial charge in [-0.15, -0.1) is 0 Å². The highest BCUT2D eigenvalue weighted by Crippen LogP contribution is 2.36. The molecule has 0 bridgehead atoms. The first-order valence-corrected chi connectivity index (χ1v) is 6.69. The number of hydrogen-bond acceptors (Lipinski definition) is 4. The van der Waals surface area contributed by atoms with Crippen molar-refractivity contribution in [2.75, 3.05) is 6.54 Å². The smallest absolute Gasteiger partial charge is 0.326 e. The Morgan fingerprint density at radius 2 is 2.20 bits per heavy atom. The zero-order chi connectivity index (χ0) is 14.9. The normalized spacial score (nSPS) is 21.8. The standard InChI is InChI=1S/C14H20N2O4/c1-14(2)6-3-7-16(11(14)13(18)19)12(17)10-5-4-9(8-15)20-10/h4-5,11H,3,6-8,15H2,1-2H3,(H,18,19). The number of furan rings is 1. The topological polar surface area (TPSA) is 96.8 Å². The molecule has 1 unspecified atom stereocenters. The van der Waals surface area contributed by atoms with Crippen molar-refractivity contribution in [3.63, 3.8) is 0 Å². The average molecular weight is 280 g/mol. The van der Waals surface area contributed by atoms with Gasteiger partial charge < -0.3 is 20.2 Å². The van der Waals surface area contributed by atoms with Gasteiger partial charge in [-0.1, -0.05) is 13.8 Å². The van der Waals surface area contributed by atoms with Crippen LogP contribution in [-0.2, 0) is 11.3 Å². The van der Waals surface area contributed by atoms with Crippen LogP contribution >= 0.6 is 0 Å². The Morgan fingerprint density at radius 1 is 1.50 bits per heavy atom. The monoisotopic (exact) mass is 280 g/mol. The van der Waals surface area contributed by atoms with E-state index in [9.17, 15) is 14.7 Å². The minimum absolute atomic E-state index is 0.148. The molecule has 1 amide bonds. The molecule has 1 aliphatic rings. The number of piperidine rings is 1. The maximum atomic E-state index is 12.5. The fraction of sp³-hybridized carbons (Fsp3) is 0.571. The van der Waals surface area contributed by atoms with Gasteiger partial charge in [-0.05, 0) is 30.4 Å². The van der Waals surface area contributed by atoms with Crippen LogP contribution in [-0.4, -0.2) is 34.5 Å². The second-order valence-electron chi connectivity index (χ2n) is 5.80. The number of rotatable bonds is 3. The summed E-state index contributed by atoms with van der Waals surface area (Å²) in [7, 11) is 0. The van der Waals surface area contributed by atoms with Crippen molar-refractivity contribution in [3.8, 4) is 0 Å². The molecule has 2 heterocycles. The van der Waals surface area contributed by atoms with Crippen molar-refractivity contribution in [2.24, 2.45) is 11.1 Å². The van der Waals surface area contributed by atoms with Crippen molar-refractivity contribution in [2.45, 2.75) is 39.3 Å². The van der Waals surface area contributed by atoms with E-state index in [-0.39, 0.29) is 18.2 Å². The molecule has 1 aliphatic heterocycles. The van der Waals surface area contributed by atoms with Crippen LogP contribution in [0.3, 0.4) is 0 Å². The second kappa shape index (κ2) is 5.28. The first-order chi connectivity index (χ1) is 9.36. The Kier molecular flexibility index (Phi) is 3.85. The number of amides is 1. The summed E-state index contributed by atoms with van der Waals surface area (Å²) < 4.78 is 5.33. The minimum atomic E-state index is -0.978. The Morgan fingerprint density at radius 3 is 2.75 bits per heavy atom. The molecule has 0 aromatic carbocycles. The molecule has 1 fully saturated rings. The SMILES string of the molecule is CC1(C)CCCN(C(=O)c2ccc(CN)o2)C1C(=O)O. The lowest BCUT2D eigenvalue weighted by Gasteiger charge is -2.43. The molecule has 1 aromatic heterocycles. The Balaban J connectivity index is 2.29. The van der Waals surface area contributed by atoms with E-state index in [1.807, 2.05) is 13.8 Å². The van der Waals surface area contributed by atoms with Crippen LogP contribution in [0.1, 0.15) is 43.0 Å². The lowest BCUT2D eigenvalue weighted by molar-refractivity contribution is -0.148. The number of nitrogens with two attached hydrogens (primary N) is 1. The van der Waals surface area contributed by atoms with Crippen molar-refractivity contribution in [1.29, 1.82) is 0 Å². The molecule has 20 heavy (non-hydrogen) atoms. The van der Waals surface area contributed by atoms with Crippen LogP contribution in [0, 0.1) is 5.41 Å². The predicted molar refractivity (Wildman–Crippen MR) is 72.1 cm³/mol. The summed E-state index contributed by atoms with van der Waals surface area (Å²) in [5.74, 6) is -0.704. The van der Waals surface area contributed by atoms with Gasteiger partial charge in [-0.25, -0.2) is 4.79 Å². The van der Waals surface area contributed by atoms with E-state index in [4.69, 9.17) is 10.2 Å². The molecule has 1 saturated heterocycles. The van der Waals surface area contributed by atoms with Gasteiger partial charge in [0.25, 0.3) is 5.91 Å². The number of likely N-dealkylation sites (tertiary alicyclic amines) is 1. The summed E-state index contributed by atoms with van der Waals surface area (Å²) in [5.41, 5.74) is 4.99. The van der Waals surface area contributed by atoms with E-state index >= 15 is 0 Å². The van der Waals surface area contributed by atoms with Gasteiger partial charge in [-0.3, -0.25) is 4.79 Å². The van der Waals surface area contributed by atoms with Gasteiger partial charge in [0.2, 0.25) is 0 Å². The second-order valence-corrected chi connectivity index (χ2v) is 5.80. The third-order valence-corrected chi connectivity index (χ3v) is 3.84. The lowest BCUT2D eigenvalue weighted by Crippen LogP contribution is -2.56. The molecule has 1 atom stereocenters. The largest absolute Gasteiger partial charge is 0.480 e. The van der Waals surface area contributed by atoms with Crippen LogP contribution in [0.25, 0.3) is 0 Å². The summed E-state index contributed by atoms with van der Waals surface area (Å²) in [4.78, 5) is 25.4. The molecule has 3 N–H and O–H groups in total. The zero-order valence-corrected chi connectivity index (χ0v) is 11.8. The Hall–Kier alpha value is -1.82. The number of aliphatic carboxylic acids is 1. The maximum absolute atomic E-state index is 12.5. The fourth-order valence-electron chi connectivity index (χ4n) is 2.82. The van der Waals surface area contributed by atoms with E-state index in [1.54, 1.807) is 12.1 Å². The first-order valence-electron chi connectivity index (χ1n) is 6.69. The summed E-state index contributed by atoms with van der Waals surface area (Å²) in [6.07, 6.45) is 1.56. The van der Waals surface area contributed by atoms with Crippen LogP contribution in [0.2, 0.25) is 0 Å². The minimum Gasteiger partial charge on any atom is -0.480 e. The number of carboxylic acid groups (broad SMARTS) is 1. The third kappa shape index (κ3) is 2.56. The number of nitrogens with zero attached hydrogens (tertiary/aromatic N) is 1. The van der Waals surface area contributed by atoms with E-state index in [0.717, 1.165) is 12.8 Å². The molecule has 110 valence electrons. The molecule has 0 spiro atoms. The number of carbonyl (C=O) groups excluding carboxylic acids is 1. The van der Waals surface area contributed by atoms with Crippen LogP contribution in [0.5, 0.6) is 0 Å². The quantitative estimate of drug-likeness (QED) is 0.873. The predicted octanol–water partition coefficient (Wildman–Crippen LogP) is 1.45. The van der Waals surface area contributed by atoms with Crippen LogP contribution in [0.15, 0.2) is 16.5 Å². The molecule has 6 nitrogen and oxygen atoms in total. The van der Waals surface area contributed by atoms with E-state index in [1.165, 1.54) is 4.90 Å². The molecule has 0 saturated carbocycles. The van der Waals surface area contributed by atoms with E-state index < -0.39 is 17.4 Å². The average Bonchev–Trinajstić information content (AvgIpc) is 2.84. The van der Waals surface area contributed by atoms with Crippen LogP contribution < -0.4 is 5.73 Å². The van der Waals surface area contributed by atoms with Crippen molar-refractivity contribution in [3.05, 3.63) is 23.7 Å². The third-order valence-electron chi connectivity index (χ3n) is 3.84. The van der Waals surface area contributed by atoms with Crippen LogP contribution in [0.4, 0.5) is 0 Å². The summed E-state index contributed by atoms with van der Waals surface area (Å²) >= 11 is 0. The lowest BCUT2D eigenvalue weighted by atomic mass is 9.76. The molecular weight excluding hydrogens is 260 g/mol. The molecule has 0 aliphatic carbocycles. The Bertz CT molecular complexity index is 521. The van der Waals surface area contributed by atoms with Crippen molar-refractivity contribution >= 4 is 11.9 Å². The van der Waals surface area contributed by atoms with E-state index in [0.29, 0.717) is 12.3 Å². The molecular formula is C14H20N2O4. The highest BCUT2D eigenvalue weighted by atomic mass is 16.4. The zero-order valence-electron chi connectivity index (χ0n) is 11.8. The van der Waals surface area contributed by atoms with Gasteiger partial charge in [0.05, 0.1) is 6.54 Å². The van der Waals surface area contributed by atoms with Crippen molar-refractivity contribution in [1.82, 2.24) is 4.90 Å². The molecule has 0 radical (unpaired) electrons. The fourth-order valence-corrected chi connectivity index (χ4v) is 2.82. The number of carboxylic acids is 1. The van der Waals surface area contributed by atoms with Gasteiger partial charge in [0, 0.05) is 6.54 Å². The maximum Gasteiger partial charge on any atom is 0.326 e. The number of carbonyl (C=O) groups is 2. The van der Waals surface area contributed by atoms with Crippen molar-refractivity contribution < 1.29 is 19.1 Å². The molecule has 1 aromatic rings. The molecule has 2 rings (SSSR count). The number of hydrogen-bond donors (Lipinski definition) is 2. The molecule has 6 heteroatoms. The highest BCUT2D eigenvalue weighted by molar-refractivity contribution is 5.94. The van der Waals surface area contributed by atoms with E-state index in [2.05, 4.69) is 0 Å². The van der Waals surface area contributed by atoms with Gasteiger partial charge >= 0.3 is 5.97 Å². The van der Waals surface area contributed by atoms with Gasteiger partial charge in [0.1, 0.15) is 11.8 Å². The van der Waals surface area contributed by atoms with Gasteiger partial charge in [0.15, 0.2) is 5.76 Å². The summed E-state index contributed by atoms with van der Waals surface area (Å²) in [5, 5.41) is 9.45.